The summed E-state index contributed by atoms with van der Waals surface area (Å²) in [4.78, 5) is 30.2. The van der Waals surface area contributed by atoms with E-state index in [-0.39, 0.29) is 17.2 Å². The summed E-state index contributed by atoms with van der Waals surface area (Å²) in [7, 11) is 0. The first-order valence-corrected chi connectivity index (χ1v) is 15.8. The zero-order valence-electron chi connectivity index (χ0n) is 27.7. The number of rotatable bonds is 12. The van der Waals surface area contributed by atoms with Crippen LogP contribution < -0.4 is 9.47 Å². The number of aromatic nitrogens is 6. The lowest BCUT2D eigenvalue weighted by Gasteiger charge is -2.19. The normalized spacial score (nSPS) is 15.6. The average molecular weight is 667 g/mol. The topological polar surface area (TPSA) is 143 Å². The largest absolute Gasteiger partial charge is 0.478 e. The van der Waals surface area contributed by atoms with Crippen LogP contribution in [0.4, 0.5) is 8.78 Å². The second kappa shape index (κ2) is 13.7. The van der Waals surface area contributed by atoms with Crippen LogP contribution in [0.2, 0.25) is 0 Å². The Morgan fingerprint density at radius 1 is 0.771 bits per heavy atom. The molecule has 48 heavy (non-hydrogen) atoms. The minimum atomic E-state index is -1.35. The van der Waals surface area contributed by atoms with Gasteiger partial charge in [0.15, 0.2) is 11.6 Å². The number of carboxylic acid groups (broad SMARTS) is 1. The van der Waals surface area contributed by atoms with Gasteiger partial charge in [-0.3, -0.25) is 0 Å². The molecule has 2 aliphatic rings. The lowest BCUT2D eigenvalue weighted by Crippen LogP contribution is -2.24. The van der Waals surface area contributed by atoms with Crippen molar-refractivity contribution in [1.82, 2.24) is 29.5 Å². The highest BCUT2D eigenvalue weighted by atomic mass is 19.1. The Labute approximate surface area is 277 Å². The summed E-state index contributed by atoms with van der Waals surface area (Å²) in [5.41, 5.74) is -0.534. The molecule has 0 radical (unpaired) electrons. The Hall–Kier alpha value is -4.88. The molecular weight excluding hydrogens is 626 g/mol. The van der Waals surface area contributed by atoms with Crippen molar-refractivity contribution >= 4 is 11.9 Å². The third-order valence-electron chi connectivity index (χ3n) is 8.23. The van der Waals surface area contributed by atoms with Gasteiger partial charge in [0.2, 0.25) is 23.7 Å². The average Bonchev–Trinajstić information content (AvgIpc) is 3.77. The number of aromatic carboxylic acids is 1. The summed E-state index contributed by atoms with van der Waals surface area (Å²) in [5, 5.41) is 17.2. The smallest absolute Gasteiger partial charge is 0.343 e. The van der Waals surface area contributed by atoms with Gasteiger partial charge in [0, 0.05) is 24.5 Å². The SMILES string of the molecule is CC1(CCOc2ccn(-c3ccc(C(=O)O)c(F)n3)n2)CC1.CC1(CCOc2ccn(-c3ccc(C(=O)OC(C)(C)C)c(F)n3)n2)CC1. The van der Waals surface area contributed by atoms with Gasteiger partial charge >= 0.3 is 11.9 Å². The van der Waals surface area contributed by atoms with Crippen LogP contribution in [-0.4, -0.2) is 65.4 Å². The summed E-state index contributed by atoms with van der Waals surface area (Å²) < 4.78 is 46.9. The Morgan fingerprint density at radius 3 is 1.58 bits per heavy atom. The molecule has 12 nitrogen and oxygen atoms in total. The van der Waals surface area contributed by atoms with Crippen molar-refractivity contribution in [1.29, 1.82) is 0 Å². The fraction of sp³-hybridized carbons (Fsp3) is 0.471. The van der Waals surface area contributed by atoms with Crippen LogP contribution in [0.25, 0.3) is 11.6 Å². The zero-order valence-corrected chi connectivity index (χ0v) is 27.7. The molecule has 2 aliphatic carbocycles. The van der Waals surface area contributed by atoms with Crippen LogP contribution in [0.1, 0.15) is 93.9 Å². The minimum Gasteiger partial charge on any atom is -0.478 e. The van der Waals surface area contributed by atoms with E-state index < -0.39 is 35.0 Å². The molecule has 0 atom stereocenters. The summed E-state index contributed by atoms with van der Waals surface area (Å²) in [6.07, 6.45) is 10.2. The fourth-order valence-electron chi connectivity index (χ4n) is 4.50. The Balaban J connectivity index is 0.000000190. The fourth-order valence-corrected chi connectivity index (χ4v) is 4.50. The number of pyridine rings is 2. The molecule has 4 aromatic heterocycles. The highest BCUT2D eigenvalue weighted by molar-refractivity contribution is 5.89. The molecule has 0 aromatic carbocycles. The first-order chi connectivity index (χ1) is 22.6. The molecule has 256 valence electrons. The van der Waals surface area contributed by atoms with E-state index in [2.05, 4.69) is 34.0 Å². The van der Waals surface area contributed by atoms with E-state index in [1.54, 1.807) is 45.3 Å². The van der Waals surface area contributed by atoms with Crippen LogP contribution in [0.3, 0.4) is 0 Å². The second-order valence-electron chi connectivity index (χ2n) is 13.8. The molecule has 1 N–H and O–H groups in total. The first kappa shape index (κ1) is 34.5. The third kappa shape index (κ3) is 9.35. The van der Waals surface area contributed by atoms with Crippen LogP contribution in [0.15, 0.2) is 48.8 Å². The van der Waals surface area contributed by atoms with Crippen LogP contribution in [0.5, 0.6) is 11.8 Å². The van der Waals surface area contributed by atoms with E-state index in [1.807, 2.05) is 0 Å². The van der Waals surface area contributed by atoms with Crippen molar-refractivity contribution in [3.05, 3.63) is 71.8 Å². The van der Waals surface area contributed by atoms with Crippen LogP contribution >= 0.6 is 0 Å². The Kier molecular flexibility index (Phi) is 9.83. The molecule has 0 bridgehead atoms. The minimum absolute atomic E-state index is 0.200. The van der Waals surface area contributed by atoms with Crippen LogP contribution in [-0.2, 0) is 4.74 Å². The summed E-state index contributed by atoms with van der Waals surface area (Å²) in [6.45, 7) is 10.8. The Morgan fingerprint density at radius 2 is 1.21 bits per heavy atom. The number of hydrogen-bond acceptors (Lipinski definition) is 9. The van der Waals surface area contributed by atoms with E-state index in [1.165, 1.54) is 53.2 Å². The lowest BCUT2D eigenvalue weighted by molar-refractivity contribution is 0.00634. The highest BCUT2D eigenvalue weighted by Crippen LogP contribution is 2.48. The van der Waals surface area contributed by atoms with Crippen molar-refractivity contribution in [3.63, 3.8) is 0 Å². The van der Waals surface area contributed by atoms with Gasteiger partial charge in [-0.2, -0.15) is 18.7 Å². The first-order valence-electron chi connectivity index (χ1n) is 15.8. The molecule has 0 unspecified atom stereocenters. The number of nitrogens with zero attached hydrogens (tertiary/aromatic N) is 6. The van der Waals surface area contributed by atoms with Gasteiger partial charge in [-0.15, -0.1) is 10.2 Å². The quantitative estimate of drug-likeness (QED) is 0.130. The summed E-state index contributed by atoms with van der Waals surface area (Å²) >= 11 is 0. The molecule has 0 spiro atoms. The van der Waals surface area contributed by atoms with Crippen molar-refractivity contribution in [2.45, 2.75) is 78.7 Å². The number of halogens is 2. The van der Waals surface area contributed by atoms with E-state index in [4.69, 9.17) is 19.3 Å². The predicted octanol–water partition coefficient (Wildman–Crippen LogP) is 6.60. The monoisotopic (exact) mass is 666 g/mol. The molecule has 4 aromatic rings. The molecule has 0 amide bonds. The predicted molar refractivity (Wildman–Crippen MR) is 170 cm³/mol. The van der Waals surface area contributed by atoms with Gasteiger partial charge in [-0.1, -0.05) is 13.8 Å². The lowest BCUT2D eigenvalue weighted by atomic mass is 10.1. The second-order valence-corrected chi connectivity index (χ2v) is 13.8. The number of esters is 1. The molecule has 4 heterocycles. The standard InChI is InChI=1S/C19H24FN3O3.C15H16FN3O3/c1-18(2,3)26-17(24)13-5-6-14(21-16(13)20)23-11-7-15(22-23)25-12-10-19(4)8-9-19;1-15(5-6-15)7-9-22-12-4-8-19(18-12)11-3-2-10(14(20)21)13(16)17-11/h5-7,11H,8-10,12H2,1-4H3;2-4,8H,5-7,9H2,1H3,(H,20,21). The number of carbonyl (C=O) groups excluding carboxylic acids is 1. The molecule has 0 aliphatic heterocycles. The summed E-state index contributed by atoms with van der Waals surface area (Å²) in [5.74, 6) is -2.66. The van der Waals surface area contributed by atoms with Gasteiger partial charge in [0.1, 0.15) is 16.7 Å². The van der Waals surface area contributed by atoms with Gasteiger partial charge in [-0.25, -0.2) is 19.0 Å². The highest BCUT2D eigenvalue weighted by Gasteiger charge is 2.37. The van der Waals surface area contributed by atoms with Crippen molar-refractivity contribution in [2.75, 3.05) is 13.2 Å². The number of ether oxygens (including phenoxy) is 3. The maximum absolute atomic E-state index is 14.2. The molecule has 2 fully saturated rings. The Bertz CT molecular complexity index is 1770. The maximum atomic E-state index is 14.2. The van der Waals surface area contributed by atoms with E-state index in [0.717, 1.165) is 18.9 Å². The maximum Gasteiger partial charge on any atom is 0.343 e. The van der Waals surface area contributed by atoms with Gasteiger partial charge in [0.05, 0.1) is 13.2 Å². The molecule has 2 saturated carbocycles. The van der Waals surface area contributed by atoms with E-state index >= 15 is 0 Å². The van der Waals surface area contributed by atoms with Crippen LogP contribution in [0, 0.1) is 22.7 Å². The molecular formula is C34H40F2N6O6. The van der Waals surface area contributed by atoms with Gasteiger partial charge in [0.25, 0.3) is 0 Å². The summed E-state index contributed by atoms with van der Waals surface area (Å²) in [6, 6.07) is 8.80. The number of carboxylic acids is 1. The molecule has 0 saturated heterocycles. The third-order valence-corrected chi connectivity index (χ3v) is 8.23. The van der Waals surface area contributed by atoms with Crippen molar-refractivity contribution in [3.8, 4) is 23.4 Å². The number of carbonyl (C=O) groups is 2. The van der Waals surface area contributed by atoms with Gasteiger partial charge < -0.3 is 19.3 Å². The molecule has 14 heteroatoms. The zero-order chi connectivity index (χ0) is 34.7. The van der Waals surface area contributed by atoms with E-state index in [9.17, 15) is 18.4 Å². The number of hydrogen-bond donors (Lipinski definition) is 1. The van der Waals surface area contributed by atoms with Crippen molar-refractivity contribution in [2.24, 2.45) is 10.8 Å². The van der Waals surface area contributed by atoms with Crippen molar-refractivity contribution < 1.29 is 37.7 Å². The van der Waals surface area contributed by atoms with Gasteiger partial charge in [-0.05, 0) is 94.4 Å². The molecule has 6 rings (SSSR count). The van der Waals surface area contributed by atoms with E-state index in [0.29, 0.717) is 35.8 Å².